The Labute approximate surface area is 122 Å². The number of thiocarbonyl (C=S) groups is 1. The summed E-state index contributed by atoms with van der Waals surface area (Å²) in [6.07, 6.45) is 7.53. The van der Waals surface area contributed by atoms with E-state index in [-0.39, 0.29) is 5.91 Å². The third kappa shape index (κ3) is 5.35. The molecule has 1 amide bonds. The van der Waals surface area contributed by atoms with E-state index in [1.54, 1.807) is 0 Å². The normalized spacial score (nSPS) is 15.2. The van der Waals surface area contributed by atoms with Gasteiger partial charge in [-0.2, -0.15) is 0 Å². The Kier molecular flexibility index (Phi) is 7.79. The first kappa shape index (κ1) is 16.2. The average molecular weight is 285 g/mol. The highest BCUT2D eigenvalue weighted by molar-refractivity contribution is 7.80. The molecule has 0 bridgehead atoms. The van der Waals surface area contributed by atoms with Gasteiger partial charge in [-0.15, -0.1) is 0 Å². The zero-order chi connectivity index (χ0) is 14.1. The third-order valence-electron chi connectivity index (χ3n) is 3.38. The summed E-state index contributed by atoms with van der Waals surface area (Å²) in [6, 6.07) is 0. The molecule has 0 aliphatic carbocycles. The van der Waals surface area contributed by atoms with E-state index in [4.69, 9.17) is 12.2 Å². The molecule has 5 heteroatoms. The first-order chi connectivity index (χ1) is 9.20. The largest absolute Gasteiger partial charge is 0.361 e. The summed E-state index contributed by atoms with van der Waals surface area (Å²) in [5, 5.41) is 7.74. The van der Waals surface area contributed by atoms with E-state index in [2.05, 4.69) is 19.2 Å². The molecule has 0 aromatic carbocycles. The summed E-state index contributed by atoms with van der Waals surface area (Å²) in [6.45, 7) is 6.78. The van der Waals surface area contributed by atoms with E-state index in [1.807, 2.05) is 10.0 Å². The molecule has 0 saturated carbocycles. The van der Waals surface area contributed by atoms with Gasteiger partial charge >= 0.3 is 0 Å². The highest BCUT2D eigenvalue weighted by Gasteiger charge is 2.29. The molecule has 1 N–H and O–H groups in total. The first-order valence-corrected chi connectivity index (χ1v) is 7.97. The quantitative estimate of drug-likeness (QED) is 0.549. The summed E-state index contributed by atoms with van der Waals surface area (Å²) in [4.78, 5) is 11.9. The standard InChI is InChI=1S/C14H27N3OS/c1-3-5-7-10-15-14(19)17-12-9-13(18)16(17)11-8-6-4-2/h3-12H2,1-2H3,(H,15,19). The van der Waals surface area contributed by atoms with Gasteiger partial charge in [-0.25, -0.2) is 0 Å². The molecule has 1 aliphatic rings. The molecule has 1 fully saturated rings. The molecule has 1 aliphatic heterocycles. The molecule has 0 aromatic heterocycles. The van der Waals surface area contributed by atoms with Gasteiger partial charge in [0.2, 0.25) is 5.91 Å². The molecule has 0 atom stereocenters. The molecule has 0 radical (unpaired) electrons. The van der Waals surface area contributed by atoms with Crippen LogP contribution < -0.4 is 5.32 Å². The lowest BCUT2D eigenvalue weighted by atomic mass is 10.2. The molecule has 1 saturated heterocycles. The number of nitrogens with one attached hydrogen (secondary N) is 1. The van der Waals surface area contributed by atoms with Gasteiger partial charge in [0.25, 0.3) is 0 Å². The van der Waals surface area contributed by atoms with Crippen molar-refractivity contribution in [3.05, 3.63) is 0 Å². The fourth-order valence-corrected chi connectivity index (χ4v) is 2.51. The van der Waals surface area contributed by atoms with E-state index >= 15 is 0 Å². The second-order valence-electron chi connectivity index (χ2n) is 5.04. The van der Waals surface area contributed by atoms with Crippen molar-refractivity contribution >= 4 is 23.2 Å². The SMILES string of the molecule is CCCCCNC(=S)N1CCC(=O)N1CCCCC. The first-order valence-electron chi connectivity index (χ1n) is 7.56. The number of nitrogens with zero attached hydrogens (tertiary/aromatic N) is 2. The highest BCUT2D eigenvalue weighted by Crippen LogP contribution is 2.14. The Bertz CT molecular complexity index is 296. The van der Waals surface area contributed by atoms with E-state index in [1.165, 1.54) is 19.3 Å². The van der Waals surface area contributed by atoms with Gasteiger partial charge in [-0.1, -0.05) is 39.5 Å². The van der Waals surface area contributed by atoms with Crippen LogP contribution in [0.1, 0.15) is 58.8 Å². The van der Waals surface area contributed by atoms with Gasteiger partial charge in [-0.3, -0.25) is 14.8 Å². The van der Waals surface area contributed by atoms with Gasteiger partial charge in [0.1, 0.15) is 0 Å². The maximum atomic E-state index is 11.9. The molecular formula is C14H27N3OS. The lowest BCUT2D eigenvalue weighted by molar-refractivity contribution is -0.134. The van der Waals surface area contributed by atoms with Crippen LogP contribution in [0.2, 0.25) is 0 Å². The van der Waals surface area contributed by atoms with Crippen LogP contribution in [0, 0.1) is 0 Å². The monoisotopic (exact) mass is 285 g/mol. The number of unbranched alkanes of at least 4 members (excludes halogenated alkanes) is 4. The van der Waals surface area contributed by atoms with E-state index in [0.717, 1.165) is 38.9 Å². The maximum absolute atomic E-state index is 11.9. The van der Waals surface area contributed by atoms with Gasteiger partial charge in [0, 0.05) is 19.5 Å². The number of hydrazine groups is 1. The lowest BCUT2D eigenvalue weighted by Crippen LogP contribution is -2.48. The summed E-state index contributed by atoms with van der Waals surface area (Å²) < 4.78 is 0. The van der Waals surface area contributed by atoms with Crippen LogP contribution >= 0.6 is 12.2 Å². The van der Waals surface area contributed by atoms with Crippen LogP contribution in [0.5, 0.6) is 0 Å². The Balaban J connectivity index is 2.36. The Morgan fingerprint density at radius 1 is 1.21 bits per heavy atom. The third-order valence-corrected chi connectivity index (χ3v) is 3.74. The summed E-state index contributed by atoms with van der Waals surface area (Å²) >= 11 is 5.39. The molecule has 0 aromatic rings. The van der Waals surface area contributed by atoms with Crippen LogP contribution in [0.15, 0.2) is 0 Å². The smallest absolute Gasteiger partial charge is 0.243 e. The molecule has 1 rings (SSSR count). The Hall–Kier alpha value is -0.840. The number of hydrogen-bond acceptors (Lipinski definition) is 2. The van der Waals surface area contributed by atoms with E-state index < -0.39 is 0 Å². The van der Waals surface area contributed by atoms with Gasteiger partial charge < -0.3 is 5.32 Å². The zero-order valence-corrected chi connectivity index (χ0v) is 13.1. The van der Waals surface area contributed by atoms with Crippen molar-refractivity contribution in [3.8, 4) is 0 Å². The number of amides is 1. The van der Waals surface area contributed by atoms with Crippen molar-refractivity contribution in [3.63, 3.8) is 0 Å². The average Bonchev–Trinajstić information content (AvgIpc) is 2.77. The molecule has 110 valence electrons. The zero-order valence-electron chi connectivity index (χ0n) is 12.3. The van der Waals surface area contributed by atoms with E-state index in [0.29, 0.717) is 11.5 Å². The van der Waals surface area contributed by atoms with Gasteiger partial charge in [0.05, 0.1) is 6.54 Å². The van der Waals surface area contributed by atoms with Crippen molar-refractivity contribution in [2.75, 3.05) is 19.6 Å². The number of carbonyl (C=O) groups is 1. The van der Waals surface area contributed by atoms with Crippen molar-refractivity contribution < 1.29 is 4.79 Å². The highest BCUT2D eigenvalue weighted by atomic mass is 32.1. The minimum absolute atomic E-state index is 0.203. The van der Waals surface area contributed by atoms with Crippen molar-refractivity contribution in [2.24, 2.45) is 0 Å². The lowest BCUT2D eigenvalue weighted by Gasteiger charge is -2.30. The van der Waals surface area contributed by atoms with Crippen LogP contribution in [0.25, 0.3) is 0 Å². The van der Waals surface area contributed by atoms with Gasteiger partial charge in [0.15, 0.2) is 5.11 Å². The molecule has 19 heavy (non-hydrogen) atoms. The number of rotatable bonds is 8. The summed E-state index contributed by atoms with van der Waals surface area (Å²) in [5.74, 6) is 0.203. The molecule has 0 unspecified atom stereocenters. The van der Waals surface area contributed by atoms with E-state index in [9.17, 15) is 4.79 Å². The van der Waals surface area contributed by atoms with Crippen molar-refractivity contribution in [1.29, 1.82) is 0 Å². The fourth-order valence-electron chi connectivity index (χ4n) is 2.22. The second kappa shape index (κ2) is 9.13. The second-order valence-corrected chi connectivity index (χ2v) is 5.42. The van der Waals surface area contributed by atoms with Crippen LogP contribution in [-0.4, -0.2) is 40.7 Å². The molecule has 0 spiro atoms. The summed E-state index contributed by atoms with van der Waals surface area (Å²) in [5.41, 5.74) is 0. The van der Waals surface area contributed by atoms with Crippen LogP contribution in [-0.2, 0) is 4.79 Å². The Morgan fingerprint density at radius 3 is 2.58 bits per heavy atom. The van der Waals surface area contributed by atoms with Crippen molar-refractivity contribution in [1.82, 2.24) is 15.3 Å². The maximum Gasteiger partial charge on any atom is 0.243 e. The van der Waals surface area contributed by atoms with Gasteiger partial charge in [-0.05, 0) is 25.1 Å². The fraction of sp³-hybridized carbons (Fsp3) is 0.857. The minimum Gasteiger partial charge on any atom is -0.361 e. The van der Waals surface area contributed by atoms with Crippen molar-refractivity contribution in [2.45, 2.75) is 58.8 Å². The topological polar surface area (TPSA) is 35.6 Å². The number of hydrogen-bond donors (Lipinski definition) is 1. The molecule has 4 nitrogen and oxygen atoms in total. The predicted molar refractivity (Wildman–Crippen MR) is 82.7 cm³/mol. The Morgan fingerprint density at radius 2 is 1.89 bits per heavy atom. The predicted octanol–water partition coefficient (Wildman–Crippen LogP) is 2.69. The van der Waals surface area contributed by atoms with Crippen LogP contribution in [0.3, 0.4) is 0 Å². The minimum atomic E-state index is 0.203. The molecule has 1 heterocycles. The molecular weight excluding hydrogens is 258 g/mol. The summed E-state index contributed by atoms with van der Waals surface area (Å²) in [7, 11) is 0. The number of carbonyl (C=O) groups excluding carboxylic acids is 1. The van der Waals surface area contributed by atoms with Crippen LogP contribution in [0.4, 0.5) is 0 Å².